The van der Waals surface area contributed by atoms with E-state index in [1.807, 2.05) is 0 Å². The molecule has 0 bridgehead atoms. The van der Waals surface area contributed by atoms with Gasteiger partial charge in [0.25, 0.3) is 6.43 Å². The van der Waals surface area contributed by atoms with Crippen LogP contribution in [0.1, 0.15) is 30.0 Å². The van der Waals surface area contributed by atoms with E-state index >= 15 is 0 Å². The van der Waals surface area contributed by atoms with Gasteiger partial charge in [-0.25, -0.2) is 8.78 Å². The first kappa shape index (κ1) is 16.8. The van der Waals surface area contributed by atoms with Gasteiger partial charge in [-0.3, -0.25) is 4.79 Å². The van der Waals surface area contributed by atoms with Crippen molar-refractivity contribution in [1.29, 1.82) is 5.26 Å². The Bertz CT molecular complexity index is 555. The smallest absolute Gasteiger partial charge is 0.387 e. The summed E-state index contributed by atoms with van der Waals surface area (Å²) in [6.07, 6.45) is -3.60. The van der Waals surface area contributed by atoms with Crippen molar-refractivity contribution in [3.05, 3.63) is 28.8 Å². The molecule has 0 saturated heterocycles. The maximum absolute atomic E-state index is 13.0. The van der Waals surface area contributed by atoms with Crippen molar-refractivity contribution < 1.29 is 31.8 Å². The minimum absolute atomic E-state index is 0.0529. The van der Waals surface area contributed by atoms with Crippen LogP contribution < -0.4 is 4.74 Å². The number of alkyl halides is 4. The lowest BCUT2D eigenvalue weighted by molar-refractivity contribution is -0.142. The molecular weight excluding hydrogens is 294 g/mol. The summed E-state index contributed by atoms with van der Waals surface area (Å²) < 4.78 is 58.9. The maximum atomic E-state index is 13.0. The Balaban J connectivity index is 3.27. The van der Waals surface area contributed by atoms with E-state index in [0.717, 1.165) is 6.07 Å². The van der Waals surface area contributed by atoms with Gasteiger partial charge in [0, 0.05) is 5.56 Å². The van der Waals surface area contributed by atoms with Crippen molar-refractivity contribution in [3.8, 4) is 11.8 Å². The topological polar surface area (TPSA) is 59.3 Å². The Morgan fingerprint density at radius 2 is 2.00 bits per heavy atom. The molecule has 0 aromatic heterocycles. The summed E-state index contributed by atoms with van der Waals surface area (Å²) in [6.45, 7) is -1.62. The third kappa shape index (κ3) is 4.63. The van der Waals surface area contributed by atoms with Gasteiger partial charge in [-0.05, 0) is 24.6 Å². The molecule has 0 spiro atoms. The molecule has 0 saturated carbocycles. The number of halogens is 4. The molecule has 0 aliphatic rings. The van der Waals surface area contributed by atoms with Gasteiger partial charge < -0.3 is 9.47 Å². The van der Waals surface area contributed by atoms with E-state index in [-0.39, 0.29) is 17.7 Å². The lowest BCUT2D eigenvalue weighted by Gasteiger charge is -2.13. The molecule has 0 unspecified atom stereocenters. The molecule has 4 nitrogen and oxygen atoms in total. The molecule has 8 heteroatoms. The van der Waals surface area contributed by atoms with Crippen LogP contribution in [0.2, 0.25) is 0 Å². The van der Waals surface area contributed by atoms with Crippen LogP contribution in [0.25, 0.3) is 0 Å². The summed E-state index contributed by atoms with van der Waals surface area (Å²) in [5.74, 6) is -1.36. The summed E-state index contributed by atoms with van der Waals surface area (Å²) in [6, 6.07) is 3.15. The van der Waals surface area contributed by atoms with Crippen molar-refractivity contribution in [2.45, 2.75) is 26.4 Å². The van der Waals surface area contributed by atoms with Gasteiger partial charge >= 0.3 is 12.6 Å². The van der Waals surface area contributed by atoms with Crippen molar-refractivity contribution in [1.82, 2.24) is 0 Å². The fourth-order valence-electron chi connectivity index (χ4n) is 1.69. The minimum Gasteiger partial charge on any atom is -0.466 e. The van der Waals surface area contributed by atoms with E-state index in [1.165, 1.54) is 6.92 Å². The lowest BCUT2D eigenvalue weighted by Crippen LogP contribution is -2.12. The van der Waals surface area contributed by atoms with E-state index in [0.29, 0.717) is 6.07 Å². The molecule has 1 aromatic carbocycles. The number of benzene rings is 1. The summed E-state index contributed by atoms with van der Waals surface area (Å²) in [5.41, 5.74) is -1.30. The fraction of sp³-hybridized carbons (Fsp3) is 0.385. The molecule has 21 heavy (non-hydrogen) atoms. The van der Waals surface area contributed by atoms with Gasteiger partial charge in [0.05, 0.1) is 24.7 Å². The van der Waals surface area contributed by atoms with Crippen LogP contribution in [-0.2, 0) is 16.0 Å². The van der Waals surface area contributed by atoms with Crippen LogP contribution in [0.5, 0.6) is 5.75 Å². The summed E-state index contributed by atoms with van der Waals surface area (Å²) in [7, 11) is 0. The molecule has 1 rings (SSSR count). The van der Waals surface area contributed by atoms with Gasteiger partial charge in [0.2, 0.25) is 0 Å². The van der Waals surface area contributed by atoms with Crippen molar-refractivity contribution >= 4 is 5.97 Å². The second-order valence-corrected chi connectivity index (χ2v) is 3.81. The number of ether oxygens (including phenoxy) is 2. The zero-order valence-corrected chi connectivity index (χ0v) is 10.9. The SMILES string of the molecule is CCOC(=O)Cc1c(C#N)cc(OC(F)F)cc1C(F)F. The summed E-state index contributed by atoms with van der Waals surface area (Å²) in [4.78, 5) is 11.4. The number of rotatable bonds is 6. The van der Waals surface area contributed by atoms with E-state index in [4.69, 9.17) is 5.26 Å². The van der Waals surface area contributed by atoms with E-state index in [9.17, 15) is 22.4 Å². The van der Waals surface area contributed by atoms with Crippen LogP contribution >= 0.6 is 0 Å². The molecular formula is C13H11F4NO3. The Labute approximate surface area is 117 Å². The third-order valence-corrected chi connectivity index (χ3v) is 2.47. The Morgan fingerprint density at radius 3 is 2.48 bits per heavy atom. The van der Waals surface area contributed by atoms with E-state index in [2.05, 4.69) is 9.47 Å². The number of esters is 1. The van der Waals surface area contributed by atoms with Crippen LogP contribution in [-0.4, -0.2) is 19.2 Å². The molecule has 0 N–H and O–H groups in total. The van der Waals surface area contributed by atoms with Crippen molar-refractivity contribution in [3.63, 3.8) is 0 Å². The zero-order chi connectivity index (χ0) is 16.0. The first-order valence-electron chi connectivity index (χ1n) is 5.84. The van der Waals surface area contributed by atoms with Crippen molar-refractivity contribution in [2.24, 2.45) is 0 Å². The molecule has 0 aliphatic heterocycles. The predicted octanol–water partition coefficient (Wildman–Crippen LogP) is 3.20. The van der Waals surface area contributed by atoms with Gasteiger partial charge in [-0.1, -0.05) is 0 Å². The monoisotopic (exact) mass is 305 g/mol. The quantitative estimate of drug-likeness (QED) is 0.598. The highest BCUT2D eigenvalue weighted by atomic mass is 19.3. The van der Waals surface area contributed by atoms with Crippen LogP contribution in [0, 0.1) is 11.3 Å². The van der Waals surface area contributed by atoms with E-state index < -0.39 is 36.7 Å². The Morgan fingerprint density at radius 1 is 1.33 bits per heavy atom. The van der Waals surface area contributed by atoms with Gasteiger partial charge in [0.1, 0.15) is 5.75 Å². The number of hydrogen-bond donors (Lipinski definition) is 0. The molecule has 114 valence electrons. The largest absolute Gasteiger partial charge is 0.466 e. The molecule has 0 heterocycles. The molecule has 1 aromatic rings. The maximum Gasteiger partial charge on any atom is 0.387 e. The molecule has 0 amide bonds. The first-order chi connectivity index (χ1) is 9.88. The van der Waals surface area contributed by atoms with Crippen LogP contribution in [0.3, 0.4) is 0 Å². The molecule has 0 aliphatic carbocycles. The predicted molar refractivity (Wildman–Crippen MR) is 63.1 cm³/mol. The summed E-state index contributed by atoms with van der Waals surface area (Å²) in [5, 5.41) is 8.94. The number of hydrogen-bond acceptors (Lipinski definition) is 4. The molecule has 0 atom stereocenters. The lowest BCUT2D eigenvalue weighted by atomic mass is 9.98. The average Bonchev–Trinajstić information content (AvgIpc) is 2.39. The standard InChI is InChI=1S/C13H11F4NO3/c1-2-20-11(19)5-9-7(6-18)3-8(21-13(16)17)4-10(9)12(14)15/h3-4,12-13H,2,5H2,1H3. The molecule has 0 fully saturated rings. The second-order valence-electron chi connectivity index (χ2n) is 3.81. The number of carbonyl (C=O) groups excluding carboxylic acids is 1. The van der Waals surface area contributed by atoms with Crippen molar-refractivity contribution in [2.75, 3.05) is 6.61 Å². The van der Waals surface area contributed by atoms with Gasteiger partial charge in [0.15, 0.2) is 0 Å². The van der Waals surface area contributed by atoms with Crippen LogP contribution in [0.15, 0.2) is 12.1 Å². The third-order valence-electron chi connectivity index (χ3n) is 2.47. The highest BCUT2D eigenvalue weighted by molar-refractivity contribution is 5.74. The Kier molecular flexibility index (Phi) is 5.96. The van der Waals surface area contributed by atoms with Gasteiger partial charge in [-0.15, -0.1) is 0 Å². The normalized spacial score (nSPS) is 10.6. The number of carbonyl (C=O) groups is 1. The highest BCUT2D eigenvalue weighted by Crippen LogP contribution is 2.31. The Hall–Kier alpha value is -2.30. The minimum atomic E-state index is -3.21. The number of nitriles is 1. The molecule has 0 radical (unpaired) electrons. The fourth-order valence-corrected chi connectivity index (χ4v) is 1.69. The zero-order valence-electron chi connectivity index (χ0n) is 10.9. The van der Waals surface area contributed by atoms with E-state index in [1.54, 1.807) is 6.07 Å². The average molecular weight is 305 g/mol. The summed E-state index contributed by atoms with van der Waals surface area (Å²) >= 11 is 0. The van der Waals surface area contributed by atoms with Crippen LogP contribution in [0.4, 0.5) is 17.6 Å². The number of nitrogens with zero attached hydrogens (tertiary/aromatic N) is 1. The second kappa shape index (κ2) is 7.47. The highest BCUT2D eigenvalue weighted by Gasteiger charge is 2.22. The first-order valence-corrected chi connectivity index (χ1v) is 5.84. The van der Waals surface area contributed by atoms with Gasteiger partial charge in [-0.2, -0.15) is 14.0 Å².